The predicted molar refractivity (Wildman–Crippen MR) is 138 cm³/mol. The fourth-order valence-electron chi connectivity index (χ4n) is 4.47. The zero-order valence-corrected chi connectivity index (χ0v) is 20.3. The van der Waals surface area contributed by atoms with E-state index in [-0.39, 0.29) is 22.5 Å². The van der Waals surface area contributed by atoms with E-state index in [1.165, 1.54) is 11.8 Å². The van der Waals surface area contributed by atoms with Gasteiger partial charge in [0.1, 0.15) is 17.0 Å². The smallest absolute Gasteiger partial charge is 0.289 e. The summed E-state index contributed by atoms with van der Waals surface area (Å²) in [6, 6.07) is 7.41. The van der Waals surface area contributed by atoms with Gasteiger partial charge in [-0.15, -0.1) is 0 Å². The predicted octanol–water partition coefficient (Wildman–Crippen LogP) is 2.94. The third kappa shape index (κ3) is 3.76. The third-order valence-electron chi connectivity index (χ3n) is 6.25. The second-order valence-electron chi connectivity index (χ2n) is 8.57. The van der Waals surface area contributed by atoms with E-state index in [2.05, 4.69) is 25.1 Å². The maximum Gasteiger partial charge on any atom is 0.289 e. The molecule has 6 rings (SSSR count). The molecule has 0 radical (unpaired) electrons. The van der Waals surface area contributed by atoms with Crippen molar-refractivity contribution in [3.05, 3.63) is 55.7 Å². The number of aromatic nitrogens is 6. The van der Waals surface area contributed by atoms with E-state index in [1.54, 1.807) is 6.07 Å². The van der Waals surface area contributed by atoms with Gasteiger partial charge in [0.2, 0.25) is 0 Å². The third-order valence-corrected chi connectivity index (χ3v) is 7.52. The van der Waals surface area contributed by atoms with Gasteiger partial charge in [0.25, 0.3) is 11.1 Å². The number of nitrogens with one attached hydrogen (secondary N) is 3. The topological polar surface area (TPSA) is 149 Å². The molecule has 0 saturated carbocycles. The molecule has 0 aliphatic carbocycles. The molecule has 1 fully saturated rings. The fourth-order valence-corrected chi connectivity index (χ4v) is 5.61. The normalized spacial score (nSPS) is 16.2. The Morgan fingerprint density at radius 1 is 1.17 bits per heavy atom. The highest BCUT2D eigenvalue weighted by molar-refractivity contribution is 7.99. The summed E-state index contributed by atoms with van der Waals surface area (Å²) in [5.41, 5.74) is 7.64. The first-order chi connectivity index (χ1) is 16.9. The Morgan fingerprint density at radius 3 is 2.77 bits per heavy atom. The summed E-state index contributed by atoms with van der Waals surface area (Å²) in [5, 5.41) is 7.68. The molecular formula is C23H21ClN8O2S. The van der Waals surface area contributed by atoms with Gasteiger partial charge in [-0.1, -0.05) is 24.6 Å². The van der Waals surface area contributed by atoms with Gasteiger partial charge in [-0.2, -0.15) is 0 Å². The molecule has 5 N–H and O–H groups in total. The molecule has 1 saturated heterocycles. The summed E-state index contributed by atoms with van der Waals surface area (Å²) in [5.74, 6) is 0.780. The molecule has 1 unspecified atom stereocenters. The van der Waals surface area contributed by atoms with Gasteiger partial charge < -0.3 is 15.6 Å². The molecule has 1 aliphatic heterocycles. The summed E-state index contributed by atoms with van der Waals surface area (Å²) in [4.78, 5) is 44.7. The van der Waals surface area contributed by atoms with Crippen LogP contribution in [0.15, 0.2) is 43.9 Å². The molecule has 5 aromatic rings. The maximum absolute atomic E-state index is 12.2. The first-order valence-corrected chi connectivity index (χ1v) is 12.4. The molecule has 1 aromatic carbocycles. The second kappa shape index (κ2) is 8.36. The van der Waals surface area contributed by atoms with Crippen LogP contribution < -0.4 is 21.8 Å². The van der Waals surface area contributed by atoms with Crippen LogP contribution in [0.1, 0.15) is 19.0 Å². The van der Waals surface area contributed by atoms with Crippen molar-refractivity contribution in [3.63, 3.8) is 0 Å². The minimum atomic E-state index is -0.447. The second-order valence-corrected chi connectivity index (χ2v) is 9.99. The molecule has 0 amide bonds. The first-order valence-electron chi connectivity index (χ1n) is 11.2. The van der Waals surface area contributed by atoms with Crippen molar-refractivity contribution in [3.8, 4) is 0 Å². The lowest BCUT2D eigenvalue weighted by atomic mass is 10.1. The Balaban J connectivity index is 1.45. The highest BCUT2D eigenvalue weighted by Gasteiger charge is 2.26. The SMILES string of the molecule is CCc1[nH]c2nc(Sc3ccc4cc5c(=O)[nH][nH]c(=O)c5nc4c3)nc(N3CCC(N)C3)c2c1Cl. The number of hydrogen-bond acceptors (Lipinski definition) is 8. The van der Waals surface area contributed by atoms with Crippen LogP contribution in [0.3, 0.4) is 0 Å². The van der Waals surface area contributed by atoms with E-state index < -0.39 is 5.56 Å². The van der Waals surface area contributed by atoms with Crippen molar-refractivity contribution in [1.29, 1.82) is 0 Å². The molecule has 4 aromatic heterocycles. The van der Waals surface area contributed by atoms with Crippen molar-refractivity contribution >= 4 is 62.0 Å². The van der Waals surface area contributed by atoms with Crippen molar-refractivity contribution < 1.29 is 0 Å². The summed E-state index contributed by atoms with van der Waals surface area (Å²) >= 11 is 8.08. The molecule has 12 heteroatoms. The minimum Gasteiger partial charge on any atom is -0.354 e. The lowest BCUT2D eigenvalue weighted by molar-refractivity contribution is 0.751. The van der Waals surface area contributed by atoms with E-state index in [0.29, 0.717) is 27.9 Å². The Bertz CT molecular complexity index is 1740. The Kier molecular flexibility index (Phi) is 5.28. The van der Waals surface area contributed by atoms with Gasteiger partial charge in [0.05, 0.1) is 21.3 Å². The number of H-pyrrole nitrogens is 3. The van der Waals surface area contributed by atoms with E-state index in [0.717, 1.165) is 46.6 Å². The molecule has 0 spiro atoms. The standard InChI is InChI=1S/C23H21ClN8O2S/c1-2-14-17(24)16-19(27-14)28-23(29-20(16)32-6-5-11(25)9-32)35-12-4-3-10-7-13-18(26-15(10)8-12)22(34)31-30-21(13)33/h3-4,7-8,11H,2,5-6,9,25H2,1H3,(H,30,33)(H,31,34)(H,27,28,29). The fraction of sp³-hybridized carbons (Fsp3) is 0.261. The number of aryl methyl sites for hydroxylation is 1. The quantitative estimate of drug-likeness (QED) is 0.214. The molecule has 10 nitrogen and oxygen atoms in total. The highest BCUT2D eigenvalue weighted by atomic mass is 35.5. The molecule has 35 heavy (non-hydrogen) atoms. The molecule has 0 bridgehead atoms. The number of pyridine rings is 1. The summed E-state index contributed by atoms with van der Waals surface area (Å²) < 4.78 is 0. The number of hydrogen-bond donors (Lipinski definition) is 4. The van der Waals surface area contributed by atoms with Crippen LogP contribution in [0.2, 0.25) is 5.02 Å². The number of anilines is 1. The van der Waals surface area contributed by atoms with Crippen molar-refractivity contribution in [2.24, 2.45) is 5.73 Å². The van der Waals surface area contributed by atoms with Crippen molar-refractivity contribution in [1.82, 2.24) is 30.1 Å². The molecule has 178 valence electrons. The van der Waals surface area contributed by atoms with Gasteiger partial charge in [-0.05, 0) is 42.8 Å². The number of rotatable bonds is 4. The summed E-state index contributed by atoms with van der Waals surface area (Å²) in [6.07, 6.45) is 1.64. The average Bonchev–Trinajstić information content (AvgIpc) is 3.43. The Labute approximate surface area is 207 Å². The Hall–Kier alpha value is -3.41. The van der Waals surface area contributed by atoms with Gasteiger partial charge in [0, 0.05) is 35.1 Å². The number of nitrogens with zero attached hydrogens (tertiary/aromatic N) is 4. The summed E-state index contributed by atoms with van der Waals surface area (Å²) in [7, 11) is 0. The molecule has 1 aliphatic rings. The number of aromatic amines is 3. The minimum absolute atomic E-state index is 0.0938. The van der Waals surface area contributed by atoms with Crippen LogP contribution >= 0.6 is 23.4 Å². The van der Waals surface area contributed by atoms with Crippen LogP contribution in [-0.4, -0.2) is 49.3 Å². The van der Waals surface area contributed by atoms with Crippen LogP contribution in [0, 0.1) is 0 Å². The van der Waals surface area contributed by atoms with E-state index in [9.17, 15) is 9.59 Å². The number of benzene rings is 1. The number of nitrogens with two attached hydrogens (primary N) is 1. The van der Waals surface area contributed by atoms with E-state index in [1.807, 2.05) is 25.1 Å². The van der Waals surface area contributed by atoms with Crippen LogP contribution in [-0.2, 0) is 6.42 Å². The van der Waals surface area contributed by atoms with Gasteiger partial charge in [0.15, 0.2) is 5.16 Å². The average molecular weight is 509 g/mol. The monoisotopic (exact) mass is 508 g/mol. The molecular weight excluding hydrogens is 488 g/mol. The summed E-state index contributed by atoms with van der Waals surface area (Å²) in [6.45, 7) is 3.55. The molecule has 1 atom stereocenters. The largest absolute Gasteiger partial charge is 0.354 e. The van der Waals surface area contributed by atoms with Crippen LogP contribution in [0.5, 0.6) is 0 Å². The van der Waals surface area contributed by atoms with Gasteiger partial charge in [-0.3, -0.25) is 19.8 Å². The van der Waals surface area contributed by atoms with Gasteiger partial charge >= 0.3 is 0 Å². The maximum atomic E-state index is 12.2. The van der Waals surface area contributed by atoms with Gasteiger partial charge in [-0.25, -0.2) is 15.0 Å². The van der Waals surface area contributed by atoms with E-state index >= 15 is 0 Å². The Morgan fingerprint density at radius 2 is 2.00 bits per heavy atom. The van der Waals surface area contributed by atoms with Crippen LogP contribution in [0.4, 0.5) is 5.82 Å². The van der Waals surface area contributed by atoms with E-state index in [4.69, 9.17) is 27.3 Å². The number of halogens is 1. The van der Waals surface area contributed by atoms with Crippen LogP contribution in [0.25, 0.3) is 32.8 Å². The lowest BCUT2D eigenvalue weighted by Gasteiger charge is -2.18. The molecule has 5 heterocycles. The first kappa shape index (κ1) is 22.1. The van der Waals surface area contributed by atoms with Crippen molar-refractivity contribution in [2.45, 2.75) is 35.9 Å². The number of fused-ring (bicyclic) bond motifs is 3. The zero-order valence-electron chi connectivity index (χ0n) is 18.7. The highest BCUT2D eigenvalue weighted by Crippen LogP contribution is 2.38. The lowest BCUT2D eigenvalue weighted by Crippen LogP contribution is -2.27. The zero-order chi connectivity index (χ0) is 24.3. The van der Waals surface area contributed by atoms with Crippen molar-refractivity contribution in [2.75, 3.05) is 18.0 Å².